The van der Waals surface area contributed by atoms with E-state index in [4.69, 9.17) is 16.2 Å². The second kappa shape index (κ2) is 24.1. The molecule has 0 bridgehead atoms. The molecule has 1 atom stereocenters. The Bertz CT molecular complexity index is 305. The molecule has 0 aliphatic carbocycles. The average Bonchev–Trinajstić information content (AvgIpc) is 2.73. The van der Waals surface area contributed by atoms with Crippen LogP contribution in [0.15, 0.2) is 0 Å². The zero-order valence-electron chi connectivity index (χ0n) is 19.9. The van der Waals surface area contributed by atoms with Gasteiger partial charge < -0.3 is 21.5 Å². The van der Waals surface area contributed by atoms with Gasteiger partial charge in [0.1, 0.15) is 6.23 Å². The molecule has 1 unspecified atom stereocenters. The third-order valence-corrected chi connectivity index (χ3v) is 5.63. The van der Waals surface area contributed by atoms with Crippen LogP contribution < -0.4 is 16.8 Å². The Morgan fingerprint density at radius 3 is 1.86 bits per heavy atom. The molecule has 176 valence electrons. The molecular weight excluding hydrogens is 360 g/mol. The van der Waals surface area contributed by atoms with Crippen molar-refractivity contribution in [1.29, 1.82) is 0 Å². The fourth-order valence-electron chi connectivity index (χ4n) is 3.64. The normalized spacial score (nSPS) is 12.7. The van der Waals surface area contributed by atoms with Crippen molar-refractivity contribution in [1.82, 2.24) is 10.2 Å². The third kappa shape index (κ3) is 20.8. The number of nitrogens with zero attached hydrogens (tertiary/aromatic N) is 1. The first kappa shape index (κ1) is 28.8. The molecule has 0 aliphatic rings. The van der Waals surface area contributed by atoms with Gasteiger partial charge >= 0.3 is 0 Å². The molecule has 0 spiro atoms. The highest BCUT2D eigenvalue weighted by atomic mass is 16.5. The Labute approximate surface area is 182 Å². The highest BCUT2D eigenvalue weighted by Crippen LogP contribution is 2.11. The van der Waals surface area contributed by atoms with Gasteiger partial charge in [0.05, 0.1) is 0 Å². The van der Waals surface area contributed by atoms with Gasteiger partial charge in [-0.2, -0.15) is 0 Å². The molecule has 29 heavy (non-hydrogen) atoms. The molecule has 0 radical (unpaired) electrons. The summed E-state index contributed by atoms with van der Waals surface area (Å²) < 4.78 is 6.14. The lowest BCUT2D eigenvalue weighted by Gasteiger charge is -2.29. The zero-order chi connectivity index (χ0) is 21.4. The van der Waals surface area contributed by atoms with Gasteiger partial charge in [0.15, 0.2) is 0 Å². The van der Waals surface area contributed by atoms with Crippen LogP contribution in [-0.2, 0) is 4.74 Å². The predicted molar refractivity (Wildman–Crippen MR) is 128 cm³/mol. The first-order chi connectivity index (χ1) is 14.3. The van der Waals surface area contributed by atoms with Crippen LogP contribution in [-0.4, -0.2) is 57.0 Å². The van der Waals surface area contributed by atoms with Gasteiger partial charge in [0.2, 0.25) is 0 Å². The first-order valence-electron chi connectivity index (χ1n) is 12.7. The van der Waals surface area contributed by atoms with Crippen molar-refractivity contribution in [2.24, 2.45) is 11.5 Å². The summed E-state index contributed by atoms with van der Waals surface area (Å²) in [6, 6.07) is 0. The van der Waals surface area contributed by atoms with Crippen molar-refractivity contribution in [3.63, 3.8) is 0 Å². The fraction of sp³-hybridized carbons (Fsp3) is 1.00. The van der Waals surface area contributed by atoms with Crippen molar-refractivity contribution in [3.05, 3.63) is 0 Å². The Morgan fingerprint density at radius 1 is 0.690 bits per heavy atom. The van der Waals surface area contributed by atoms with Crippen LogP contribution in [0.4, 0.5) is 0 Å². The summed E-state index contributed by atoms with van der Waals surface area (Å²) in [6.45, 7) is 11.1. The van der Waals surface area contributed by atoms with Crippen molar-refractivity contribution in [2.45, 2.75) is 110 Å². The van der Waals surface area contributed by atoms with E-state index in [-0.39, 0.29) is 6.23 Å². The summed E-state index contributed by atoms with van der Waals surface area (Å²) in [5.41, 5.74) is 11.2. The molecule has 0 heterocycles. The Hall–Kier alpha value is -0.200. The topological polar surface area (TPSA) is 76.5 Å². The van der Waals surface area contributed by atoms with Gasteiger partial charge in [-0.3, -0.25) is 4.90 Å². The van der Waals surface area contributed by atoms with Gasteiger partial charge in [-0.05, 0) is 65.2 Å². The molecule has 5 nitrogen and oxygen atoms in total. The lowest BCUT2D eigenvalue weighted by molar-refractivity contribution is -0.0494. The fourth-order valence-corrected chi connectivity index (χ4v) is 3.64. The van der Waals surface area contributed by atoms with E-state index in [1.807, 2.05) is 0 Å². The number of nitrogens with one attached hydrogen (secondary N) is 1. The number of ether oxygens (including phenoxy) is 1. The highest BCUT2D eigenvalue weighted by Gasteiger charge is 2.13. The largest absolute Gasteiger partial charge is 0.363 e. The third-order valence-electron chi connectivity index (χ3n) is 5.63. The molecule has 0 fully saturated rings. The van der Waals surface area contributed by atoms with Crippen LogP contribution in [0.3, 0.4) is 0 Å². The van der Waals surface area contributed by atoms with Crippen LogP contribution in [0, 0.1) is 0 Å². The number of unbranched alkanes of at least 4 members (excludes halogenated alkanes) is 10. The Balaban J connectivity index is 3.68. The molecule has 5 heteroatoms. The summed E-state index contributed by atoms with van der Waals surface area (Å²) in [5.74, 6) is 0. The van der Waals surface area contributed by atoms with E-state index >= 15 is 0 Å². The first-order valence-corrected chi connectivity index (χ1v) is 12.7. The SMILES string of the molecule is CCCCCCCCCCCCOC(C)N(CCCN)CCCCNCCCN. The van der Waals surface area contributed by atoms with E-state index in [0.717, 1.165) is 58.7 Å². The Morgan fingerprint density at radius 2 is 1.24 bits per heavy atom. The van der Waals surface area contributed by atoms with E-state index in [1.54, 1.807) is 0 Å². The van der Waals surface area contributed by atoms with Crippen molar-refractivity contribution in [3.8, 4) is 0 Å². The number of hydrogen-bond acceptors (Lipinski definition) is 5. The summed E-state index contributed by atoms with van der Waals surface area (Å²) in [7, 11) is 0. The van der Waals surface area contributed by atoms with Gasteiger partial charge in [0, 0.05) is 19.7 Å². The van der Waals surface area contributed by atoms with Crippen LogP contribution in [0.25, 0.3) is 0 Å². The van der Waals surface area contributed by atoms with E-state index in [1.165, 1.54) is 77.0 Å². The molecule has 0 aromatic carbocycles. The van der Waals surface area contributed by atoms with E-state index in [9.17, 15) is 0 Å². The predicted octanol–water partition coefficient (Wildman–Crippen LogP) is 4.64. The maximum absolute atomic E-state index is 6.14. The lowest BCUT2D eigenvalue weighted by Crippen LogP contribution is -2.38. The summed E-state index contributed by atoms with van der Waals surface area (Å²) in [4.78, 5) is 2.46. The minimum absolute atomic E-state index is 0.199. The summed E-state index contributed by atoms with van der Waals surface area (Å²) >= 11 is 0. The van der Waals surface area contributed by atoms with Gasteiger partial charge in [-0.1, -0.05) is 64.7 Å². The highest BCUT2D eigenvalue weighted by molar-refractivity contribution is 4.62. The van der Waals surface area contributed by atoms with Crippen LogP contribution in [0.1, 0.15) is 104 Å². The van der Waals surface area contributed by atoms with Crippen molar-refractivity contribution >= 4 is 0 Å². The molecule has 0 aliphatic heterocycles. The maximum Gasteiger partial charge on any atom is 0.107 e. The van der Waals surface area contributed by atoms with Gasteiger partial charge in [-0.25, -0.2) is 0 Å². The van der Waals surface area contributed by atoms with E-state index < -0.39 is 0 Å². The number of rotatable bonds is 24. The zero-order valence-corrected chi connectivity index (χ0v) is 19.9. The molecule has 0 saturated heterocycles. The molecule has 0 saturated carbocycles. The maximum atomic E-state index is 6.14. The minimum Gasteiger partial charge on any atom is -0.363 e. The summed E-state index contributed by atoms with van der Waals surface area (Å²) in [6.07, 6.45) is 18.4. The standard InChI is InChI=1S/C24H54N4O/c1-3-4-5-6-7-8-9-10-11-14-23-29-24(2)28(22-16-18-26)21-13-12-19-27-20-15-17-25/h24,27H,3-23,25-26H2,1-2H3. The monoisotopic (exact) mass is 414 g/mol. The molecule has 0 aromatic rings. The van der Waals surface area contributed by atoms with Crippen molar-refractivity contribution < 1.29 is 4.74 Å². The molecule has 0 rings (SSSR count). The molecule has 0 aromatic heterocycles. The number of nitrogens with two attached hydrogens (primary N) is 2. The van der Waals surface area contributed by atoms with E-state index in [0.29, 0.717) is 0 Å². The quantitative estimate of drug-likeness (QED) is 0.158. The smallest absolute Gasteiger partial charge is 0.107 e. The molecule has 5 N–H and O–H groups in total. The summed E-state index contributed by atoms with van der Waals surface area (Å²) in [5, 5.41) is 3.46. The average molecular weight is 415 g/mol. The minimum atomic E-state index is 0.199. The van der Waals surface area contributed by atoms with E-state index in [2.05, 4.69) is 24.1 Å². The second-order valence-electron chi connectivity index (χ2n) is 8.43. The van der Waals surface area contributed by atoms with Crippen LogP contribution in [0.5, 0.6) is 0 Å². The number of hydrogen-bond donors (Lipinski definition) is 3. The van der Waals surface area contributed by atoms with Gasteiger partial charge in [-0.15, -0.1) is 0 Å². The molecule has 0 amide bonds. The van der Waals surface area contributed by atoms with Crippen molar-refractivity contribution in [2.75, 3.05) is 45.9 Å². The molecular formula is C24H54N4O. The lowest BCUT2D eigenvalue weighted by atomic mass is 10.1. The second-order valence-corrected chi connectivity index (χ2v) is 8.43. The van der Waals surface area contributed by atoms with Crippen LogP contribution in [0.2, 0.25) is 0 Å². The van der Waals surface area contributed by atoms with Crippen LogP contribution >= 0.6 is 0 Å². The van der Waals surface area contributed by atoms with Gasteiger partial charge in [0.25, 0.3) is 0 Å². The Kier molecular flexibility index (Phi) is 23.9.